The van der Waals surface area contributed by atoms with Crippen LogP contribution in [-0.4, -0.2) is 60.5 Å². The second-order valence-corrected chi connectivity index (χ2v) is 6.67. The number of aromatic nitrogens is 4. The second kappa shape index (κ2) is 10.2. The first kappa shape index (κ1) is 21.1. The Labute approximate surface area is 175 Å². The highest BCUT2D eigenvalue weighted by Gasteiger charge is 2.12. The molecule has 0 spiro atoms. The third-order valence-corrected chi connectivity index (χ3v) is 4.57. The minimum absolute atomic E-state index is 0.00874. The number of hydrogen-bond acceptors (Lipinski definition) is 7. The molecule has 0 unspecified atom stereocenters. The average molecular weight is 410 g/mol. The van der Waals surface area contributed by atoms with E-state index in [0.29, 0.717) is 23.9 Å². The van der Waals surface area contributed by atoms with E-state index in [9.17, 15) is 4.79 Å². The molecule has 1 aromatic heterocycles. The van der Waals surface area contributed by atoms with Crippen molar-refractivity contribution in [2.24, 2.45) is 0 Å². The monoisotopic (exact) mass is 410 g/mol. The van der Waals surface area contributed by atoms with Gasteiger partial charge in [0.05, 0.1) is 14.2 Å². The van der Waals surface area contributed by atoms with Gasteiger partial charge >= 0.3 is 0 Å². The van der Waals surface area contributed by atoms with E-state index < -0.39 is 0 Å². The Kier molecular flexibility index (Phi) is 7.20. The molecular weight excluding hydrogens is 384 g/mol. The lowest BCUT2D eigenvalue weighted by Gasteiger charge is -2.19. The van der Waals surface area contributed by atoms with Crippen molar-refractivity contribution in [1.29, 1.82) is 0 Å². The van der Waals surface area contributed by atoms with Crippen LogP contribution in [0.1, 0.15) is 6.42 Å². The number of ether oxygens (including phenoxy) is 2. The van der Waals surface area contributed by atoms with Crippen LogP contribution < -0.4 is 19.7 Å². The molecular formula is C21H26N6O3. The van der Waals surface area contributed by atoms with Crippen LogP contribution in [0.2, 0.25) is 0 Å². The SMILES string of the molecule is COc1ccc(-c2nnn(CC(=O)NCCCN(C)c3ccccc3)n2)cc1OC. The molecule has 3 aromatic rings. The first-order chi connectivity index (χ1) is 14.6. The summed E-state index contributed by atoms with van der Waals surface area (Å²) >= 11 is 0. The van der Waals surface area contributed by atoms with E-state index in [-0.39, 0.29) is 12.5 Å². The maximum atomic E-state index is 12.2. The van der Waals surface area contributed by atoms with E-state index in [1.54, 1.807) is 26.4 Å². The van der Waals surface area contributed by atoms with Crippen molar-refractivity contribution in [2.75, 3.05) is 39.3 Å². The minimum atomic E-state index is -0.159. The lowest BCUT2D eigenvalue weighted by molar-refractivity contribution is -0.122. The van der Waals surface area contributed by atoms with E-state index in [2.05, 4.69) is 37.8 Å². The van der Waals surface area contributed by atoms with Crippen molar-refractivity contribution < 1.29 is 14.3 Å². The van der Waals surface area contributed by atoms with Gasteiger partial charge in [-0.05, 0) is 42.0 Å². The van der Waals surface area contributed by atoms with E-state index >= 15 is 0 Å². The van der Waals surface area contributed by atoms with Gasteiger partial charge in [0.2, 0.25) is 11.7 Å². The molecule has 0 aliphatic heterocycles. The van der Waals surface area contributed by atoms with Crippen molar-refractivity contribution >= 4 is 11.6 Å². The molecule has 0 saturated carbocycles. The van der Waals surface area contributed by atoms with Gasteiger partial charge in [0.15, 0.2) is 11.5 Å². The molecule has 30 heavy (non-hydrogen) atoms. The summed E-state index contributed by atoms with van der Waals surface area (Å²) < 4.78 is 10.5. The molecule has 158 valence electrons. The average Bonchev–Trinajstić information content (AvgIpc) is 3.25. The maximum Gasteiger partial charge on any atom is 0.243 e. The normalized spacial score (nSPS) is 10.5. The molecule has 0 radical (unpaired) electrons. The fraction of sp³-hybridized carbons (Fsp3) is 0.333. The Hall–Kier alpha value is -3.62. The Morgan fingerprint density at radius 2 is 1.87 bits per heavy atom. The zero-order chi connectivity index (χ0) is 21.3. The minimum Gasteiger partial charge on any atom is -0.493 e. The van der Waals surface area contributed by atoms with Gasteiger partial charge in [-0.1, -0.05) is 18.2 Å². The van der Waals surface area contributed by atoms with Gasteiger partial charge in [-0.2, -0.15) is 4.80 Å². The number of rotatable bonds is 10. The van der Waals surface area contributed by atoms with Crippen molar-refractivity contribution in [2.45, 2.75) is 13.0 Å². The number of para-hydroxylation sites is 1. The number of amides is 1. The number of methoxy groups -OCH3 is 2. The molecule has 2 aromatic carbocycles. The van der Waals surface area contributed by atoms with Crippen LogP contribution in [0.25, 0.3) is 11.4 Å². The molecule has 0 bridgehead atoms. The van der Waals surface area contributed by atoms with Gasteiger partial charge in [-0.25, -0.2) is 0 Å². The molecule has 3 rings (SSSR count). The predicted molar refractivity (Wildman–Crippen MR) is 114 cm³/mol. The van der Waals surface area contributed by atoms with E-state index in [1.165, 1.54) is 4.80 Å². The molecule has 1 amide bonds. The van der Waals surface area contributed by atoms with Crippen LogP contribution in [-0.2, 0) is 11.3 Å². The molecule has 0 aliphatic rings. The third kappa shape index (κ3) is 5.47. The smallest absolute Gasteiger partial charge is 0.243 e. The van der Waals surface area contributed by atoms with Gasteiger partial charge in [-0.3, -0.25) is 4.79 Å². The Bertz CT molecular complexity index is 960. The summed E-state index contributed by atoms with van der Waals surface area (Å²) in [5.41, 5.74) is 1.88. The van der Waals surface area contributed by atoms with Gasteiger partial charge in [-0.15, -0.1) is 10.2 Å². The van der Waals surface area contributed by atoms with Crippen molar-refractivity contribution in [3.05, 3.63) is 48.5 Å². The first-order valence-electron chi connectivity index (χ1n) is 9.64. The quantitative estimate of drug-likeness (QED) is 0.511. The molecule has 0 atom stereocenters. The number of tetrazole rings is 1. The van der Waals surface area contributed by atoms with Crippen LogP contribution in [0.15, 0.2) is 48.5 Å². The third-order valence-electron chi connectivity index (χ3n) is 4.57. The van der Waals surface area contributed by atoms with E-state index in [0.717, 1.165) is 24.2 Å². The van der Waals surface area contributed by atoms with Gasteiger partial charge < -0.3 is 19.7 Å². The van der Waals surface area contributed by atoms with Crippen molar-refractivity contribution in [3.63, 3.8) is 0 Å². The number of nitrogens with one attached hydrogen (secondary N) is 1. The Balaban J connectivity index is 1.47. The number of anilines is 1. The molecule has 1 N–H and O–H groups in total. The first-order valence-corrected chi connectivity index (χ1v) is 9.64. The molecule has 0 aliphatic carbocycles. The summed E-state index contributed by atoms with van der Waals surface area (Å²) in [4.78, 5) is 15.6. The van der Waals surface area contributed by atoms with E-state index in [1.807, 2.05) is 31.3 Å². The standard InChI is InChI=1S/C21H26N6O3/c1-26(17-8-5-4-6-9-17)13-7-12-22-20(28)15-27-24-21(23-25-27)16-10-11-18(29-2)19(14-16)30-3/h4-6,8-11,14H,7,12-13,15H2,1-3H3,(H,22,28). The number of benzene rings is 2. The highest BCUT2D eigenvalue weighted by atomic mass is 16.5. The topological polar surface area (TPSA) is 94.4 Å². The van der Waals surface area contributed by atoms with Crippen LogP contribution >= 0.6 is 0 Å². The van der Waals surface area contributed by atoms with Gasteiger partial charge in [0.1, 0.15) is 6.54 Å². The number of carbonyl (C=O) groups is 1. The summed E-state index contributed by atoms with van der Waals surface area (Å²) in [7, 11) is 5.17. The van der Waals surface area contributed by atoms with Crippen LogP contribution in [0, 0.1) is 0 Å². The maximum absolute atomic E-state index is 12.2. The number of hydrogen-bond donors (Lipinski definition) is 1. The van der Waals surface area contributed by atoms with E-state index in [4.69, 9.17) is 9.47 Å². The lowest BCUT2D eigenvalue weighted by atomic mass is 10.2. The molecule has 9 nitrogen and oxygen atoms in total. The van der Waals surface area contributed by atoms with Crippen LogP contribution in [0.4, 0.5) is 5.69 Å². The van der Waals surface area contributed by atoms with Crippen molar-refractivity contribution in [1.82, 2.24) is 25.5 Å². The summed E-state index contributed by atoms with van der Waals surface area (Å²) in [5, 5.41) is 15.1. The predicted octanol–water partition coefficient (Wildman–Crippen LogP) is 2.00. The van der Waals surface area contributed by atoms with Gasteiger partial charge in [0, 0.05) is 31.4 Å². The van der Waals surface area contributed by atoms with Crippen LogP contribution in [0.5, 0.6) is 11.5 Å². The van der Waals surface area contributed by atoms with Crippen LogP contribution in [0.3, 0.4) is 0 Å². The number of nitrogens with zero attached hydrogens (tertiary/aromatic N) is 5. The second-order valence-electron chi connectivity index (χ2n) is 6.67. The lowest BCUT2D eigenvalue weighted by Crippen LogP contribution is -2.31. The highest BCUT2D eigenvalue weighted by Crippen LogP contribution is 2.30. The zero-order valence-electron chi connectivity index (χ0n) is 17.4. The Morgan fingerprint density at radius 1 is 1.10 bits per heavy atom. The Morgan fingerprint density at radius 3 is 2.60 bits per heavy atom. The zero-order valence-corrected chi connectivity index (χ0v) is 17.4. The highest BCUT2D eigenvalue weighted by molar-refractivity contribution is 5.75. The molecule has 9 heteroatoms. The number of carbonyl (C=O) groups excluding carboxylic acids is 1. The summed E-state index contributed by atoms with van der Waals surface area (Å²) in [6.07, 6.45) is 0.832. The largest absolute Gasteiger partial charge is 0.493 e. The summed E-state index contributed by atoms with van der Waals surface area (Å²) in [5.74, 6) is 1.44. The fourth-order valence-corrected chi connectivity index (χ4v) is 2.94. The summed E-state index contributed by atoms with van der Waals surface area (Å²) in [6.45, 7) is 1.43. The molecule has 0 saturated heterocycles. The summed E-state index contributed by atoms with van der Waals surface area (Å²) in [6, 6.07) is 15.5. The molecule has 1 heterocycles. The van der Waals surface area contributed by atoms with Crippen molar-refractivity contribution in [3.8, 4) is 22.9 Å². The molecule has 0 fully saturated rings. The fourth-order valence-electron chi connectivity index (χ4n) is 2.94. The van der Waals surface area contributed by atoms with Gasteiger partial charge in [0.25, 0.3) is 0 Å².